The number of rotatable bonds is 4. The highest BCUT2D eigenvalue weighted by Crippen LogP contribution is 2.33. The van der Waals surface area contributed by atoms with Crippen molar-refractivity contribution in [1.29, 1.82) is 0 Å². The minimum atomic E-state index is -3.54. The first-order valence-corrected chi connectivity index (χ1v) is 6.99. The first-order chi connectivity index (χ1) is 8.46. The summed E-state index contributed by atoms with van der Waals surface area (Å²) >= 11 is 0. The summed E-state index contributed by atoms with van der Waals surface area (Å²) in [6, 6.07) is 4.14. The summed E-state index contributed by atoms with van der Waals surface area (Å²) in [5.41, 5.74) is 0.531. The third-order valence-corrected chi connectivity index (χ3v) is 4.65. The van der Waals surface area contributed by atoms with Gasteiger partial charge in [0.15, 0.2) is 0 Å². The highest BCUT2D eigenvalue weighted by molar-refractivity contribution is 7.95. The SMILES string of the molecule is CCNCC1=Cc2ccc(C(=O)O)cc2S1(=O)=O. The van der Waals surface area contributed by atoms with Crippen LogP contribution in [0.25, 0.3) is 6.08 Å². The Balaban J connectivity index is 2.45. The lowest BCUT2D eigenvalue weighted by Gasteiger charge is -2.04. The zero-order chi connectivity index (χ0) is 13.3. The number of likely N-dealkylation sites (N-methyl/N-ethyl adjacent to an activating group) is 1. The predicted molar refractivity (Wildman–Crippen MR) is 67.1 cm³/mol. The van der Waals surface area contributed by atoms with E-state index in [1.165, 1.54) is 18.2 Å². The molecule has 0 saturated carbocycles. The fraction of sp³-hybridized carbons (Fsp3) is 0.250. The van der Waals surface area contributed by atoms with Gasteiger partial charge in [0.05, 0.1) is 15.4 Å². The molecule has 2 rings (SSSR count). The van der Waals surface area contributed by atoms with Crippen LogP contribution in [-0.2, 0) is 9.84 Å². The lowest BCUT2D eigenvalue weighted by molar-refractivity contribution is 0.0696. The van der Waals surface area contributed by atoms with Crippen molar-refractivity contribution in [2.45, 2.75) is 11.8 Å². The summed E-state index contributed by atoms with van der Waals surface area (Å²) in [4.78, 5) is 11.2. The molecule has 0 saturated heterocycles. The average Bonchev–Trinajstić information content (AvgIpc) is 2.58. The molecule has 0 amide bonds. The van der Waals surface area contributed by atoms with Crippen molar-refractivity contribution in [2.75, 3.05) is 13.1 Å². The van der Waals surface area contributed by atoms with Gasteiger partial charge >= 0.3 is 5.97 Å². The Bertz CT molecular complexity index is 631. The van der Waals surface area contributed by atoms with Crippen LogP contribution in [-0.4, -0.2) is 32.6 Å². The van der Waals surface area contributed by atoms with Crippen molar-refractivity contribution in [3.05, 3.63) is 34.2 Å². The molecule has 0 aliphatic carbocycles. The van der Waals surface area contributed by atoms with Gasteiger partial charge in [-0.1, -0.05) is 13.0 Å². The summed E-state index contributed by atoms with van der Waals surface area (Å²) in [7, 11) is -3.54. The van der Waals surface area contributed by atoms with Gasteiger partial charge < -0.3 is 10.4 Å². The van der Waals surface area contributed by atoms with Gasteiger partial charge in [-0.25, -0.2) is 13.2 Å². The average molecular weight is 267 g/mol. The van der Waals surface area contributed by atoms with E-state index in [0.29, 0.717) is 12.1 Å². The summed E-state index contributed by atoms with van der Waals surface area (Å²) in [5.74, 6) is -1.13. The van der Waals surface area contributed by atoms with Crippen molar-refractivity contribution >= 4 is 21.9 Å². The minimum Gasteiger partial charge on any atom is -0.478 e. The van der Waals surface area contributed by atoms with Gasteiger partial charge in [-0.05, 0) is 30.3 Å². The topological polar surface area (TPSA) is 83.5 Å². The van der Waals surface area contributed by atoms with Gasteiger partial charge in [-0.15, -0.1) is 0 Å². The molecule has 1 aliphatic heterocycles. The third kappa shape index (κ3) is 2.04. The fourth-order valence-corrected chi connectivity index (χ4v) is 3.38. The summed E-state index contributed by atoms with van der Waals surface area (Å²) in [5, 5.41) is 11.8. The lowest BCUT2D eigenvalue weighted by Crippen LogP contribution is -2.19. The second-order valence-electron chi connectivity index (χ2n) is 3.95. The molecule has 2 N–H and O–H groups in total. The van der Waals surface area contributed by atoms with Crippen LogP contribution < -0.4 is 5.32 Å². The molecule has 0 atom stereocenters. The Hall–Kier alpha value is -1.66. The number of sulfone groups is 1. The monoisotopic (exact) mass is 267 g/mol. The Labute approximate surface area is 105 Å². The van der Waals surface area contributed by atoms with Gasteiger partial charge in [0.2, 0.25) is 9.84 Å². The van der Waals surface area contributed by atoms with Crippen LogP contribution >= 0.6 is 0 Å². The summed E-state index contributed by atoms with van der Waals surface area (Å²) in [6.07, 6.45) is 1.58. The Morgan fingerprint density at radius 2 is 2.11 bits per heavy atom. The molecule has 0 spiro atoms. The van der Waals surface area contributed by atoms with E-state index < -0.39 is 15.8 Å². The second-order valence-corrected chi connectivity index (χ2v) is 5.92. The lowest BCUT2D eigenvalue weighted by atomic mass is 10.1. The highest BCUT2D eigenvalue weighted by Gasteiger charge is 2.29. The normalized spacial score (nSPS) is 16.2. The number of benzene rings is 1. The zero-order valence-electron chi connectivity index (χ0n) is 9.80. The van der Waals surface area contributed by atoms with Crippen LogP contribution in [0.4, 0.5) is 0 Å². The molecule has 96 valence electrons. The van der Waals surface area contributed by atoms with Crippen molar-refractivity contribution in [3.8, 4) is 0 Å². The molecule has 0 bridgehead atoms. The van der Waals surface area contributed by atoms with Crippen molar-refractivity contribution < 1.29 is 18.3 Å². The van der Waals surface area contributed by atoms with Crippen LogP contribution in [0.2, 0.25) is 0 Å². The molecule has 0 radical (unpaired) electrons. The molecule has 0 fully saturated rings. The fourth-order valence-electron chi connectivity index (χ4n) is 1.81. The number of hydrogen-bond acceptors (Lipinski definition) is 4. The zero-order valence-corrected chi connectivity index (χ0v) is 10.6. The number of carbonyl (C=O) groups is 1. The van der Waals surface area contributed by atoms with Crippen LogP contribution in [0, 0.1) is 0 Å². The summed E-state index contributed by atoms with van der Waals surface area (Å²) in [6.45, 7) is 2.82. The molecule has 1 aromatic rings. The molecule has 0 unspecified atom stereocenters. The standard InChI is InChI=1S/C12H13NO4S/c1-2-13-7-10-5-8-3-4-9(12(14)15)6-11(8)18(10,16)17/h3-6,13H,2,7H2,1H3,(H,14,15). The number of aromatic carboxylic acids is 1. The van der Waals surface area contributed by atoms with Gasteiger partial charge in [0, 0.05) is 6.54 Å². The number of nitrogens with one attached hydrogen (secondary N) is 1. The molecule has 18 heavy (non-hydrogen) atoms. The van der Waals surface area contributed by atoms with Gasteiger partial charge in [0.1, 0.15) is 0 Å². The van der Waals surface area contributed by atoms with Crippen LogP contribution in [0.15, 0.2) is 28.0 Å². The first kappa shape index (κ1) is 12.8. The predicted octanol–water partition coefficient (Wildman–Crippen LogP) is 1.12. The van der Waals surface area contributed by atoms with E-state index in [0.717, 1.165) is 0 Å². The molecule has 1 heterocycles. The molecule has 1 aliphatic rings. The van der Waals surface area contributed by atoms with E-state index >= 15 is 0 Å². The molecule has 0 aromatic heterocycles. The van der Waals surface area contributed by atoms with E-state index in [-0.39, 0.29) is 21.9 Å². The van der Waals surface area contributed by atoms with Crippen molar-refractivity contribution in [2.24, 2.45) is 0 Å². The molecule has 6 heteroatoms. The highest BCUT2D eigenvalue weighted by atomic mass is 32.2. The smallest absolute Gasteiger partial charge is 0.335 e. The second kappa shape index (κ2) is 4.55. The number of hydrogen-bond donors (Lipinski definition) is 2. The Morgan fingerprint density at radius 1 is 1.39 bits per heavy atom. The molecular formula is C12H13NO4S. The number of carboxylic acids is 1. The van der Waals surface area contributed by atoms with Gasteiger partial charge in [0.25, 0.3) is 0 Å². The first-order valence-electron chi connectivity index (χ1n) is 5.50. The van der Waals surface area contributed by atoms with E-state index in [4.69, 9.17) is 5.11 Å². The van der Waals surface area contributed by atoms with Gasteiger partial charge in [-0.3, -0.25) is 0 Å². The van der Waals surface area contributed by atoms with E-state index in [9.17, 15) is 13.2 Å². The van der Waals surface area contributed by atoms with Crippen LogP contribution in [0.1, 0.15) is 22.8 Å². The number of fused-ring (bicyclic) bond motifs is 1. The Kier molecular flexibility index (Phi) is 3.23. The van der Waals surface area contributed by atoms with E-state index in [2.05, 4.69) is 5.32 Å². The maximum Gasteiger partial charge on any atom is 0.335 e. The maximum atomic E-state index is 12.2. The summed E-state index contributed by atoms with van der Waals surface area (Å²) < 4.78 is 24.3. The van der Waals surface area contributed by atoms with Crippen LogP contribution in [0.3, 0.4) is 0 Å². The minimum absolute atomic E-state index is 0.0181. The van der Waals surface area contributed by atoms with Crippen molar-refractivity contribution in [1.82, 2.24) is 5.32 Å². The van der Waals surface area contributed by atoms with Gasteiger partial charge in [-0.2, -0.15) is 0 Å². The Morgan fingerprint density at radius 3 is 2.72 bits per heavy atom. The van der Waals surface area contributed by atoms with E-state index in [1.807, 2.05) is 6.92 Å². The largest absolute Gasteiger partial charge is 0.478 e. The number of carboxylic acid groups (broad SMARTS) is 1. The molecular weight excluding hydrogens is 254 g/mol. The molecule has 5 nitrogen and oxygen atoms in total. The maximum absolute atomic E-state index is 12.2. The van der Waals surface area contributed by atoms with E-state index in [1.54, 1.807) is 6.08 Å². The quantitative estimate of drug-likeness (QED) is 0.854. The van der Waals surface area contributed by atoms with Crippen molar-refractivity contribution in [3.63, 3.8) is 0 Å². The molecule has 1 aromatic carbocycles. The van der Waals surface area contributed by atoms with Crippen LogP contribution in [0.5, 0.6) is 0 Å². The third-order valence-electron chi connectivity index (χ3n) is 2.76.